The number of aromatic nitrogens is 1. The molecule has 3 rings (SSSR count). The predicted molar refractivity (Wildman–Crippen MR) is 99.5 cm³/mol. The van der Waals surface area contributed by atoms with Gasteiger partial charge in [-0.3, -0.25) is 0 Å². The second kappa shape index (κ2) is 7.94. The summed E-state index contributed by atoms with van der Waals surface area (Å²) in [6.07, 6.45) is 3.90. The van der Waals surface area contributed by atoms with Crippen molar-refractivity contribution in [3.8, 4) is 0 Å². The molecule has 1 aliphatic rings. The summed E-state index contributed by atoms with van der Waals surface area (Å²) in [6, 6.07) is 8.04. The molecule has 1 N–H and O–H groups in total. The van der Waals surface area contributed by atoms with E-state index < -0.39 is 0 Å². The Morgan fingerprint density at radius 1 is 1.33 bits per heavy atom. The molecular formula is C18H26N4OS. The number of benzene rings is 1. The Balaban J connectivity index is 1.52. The average molecular weight is 347 g/mol. The molecule has 6 heteroatoms. The molecule has 0 saturated carbocycles. The standard InChI is InChI=1S/C18H26N4OS/c1-14(17-20-15-8-4-5-9-16(15)24-17)21(2)18(23)19-10-13-22-11-6-3-7-12-22/h4-5,8-9,14H,3,6-7,10-13H2,1-2H3,(H,19,23). The van der Waals surface area contributed by atoms with E-state index in [0.29, 0.717) is 6.54 Å². The highest BCUT2D eigenvalue weighted by Gasteiger charge is 2.20. The zero-order chi connectivity index (χ0) is 16.9. The summed E-state index contributed by atoms with van der Waals surface area (Å²) < 4.78 is 1.17. The van der Waals surface area contributed by atoms with Crippen LogP contribution >= 0.6 is 11.3 Å². The molecule has 1 fully saturated rings. The van der Waals surface area contributed by atoms with Crippen LogP contribution in [0.1, 0.15) is 37.2 Å². The second-order valence-corrected chi connectivity index (χ2v) is 7.50. The Bertz CT molecular complexity index is 647. The molecule has 0 aliphatic carbocycles. The molecule has 2 heterocycles. The number of para-hydroxylation sites is 1. The molecule has 1 atom stereocenters. The Kier molecular flexibility index (Phi) is 5.68. The van der Waals surface area contributed by atoms with E-state index in [0.717, 1.165) is 30.2 Å². The minimum atomic E-state index is -0.0302. The van der Waals surface area contributed by atoms with Gasteiger partial charge in [-0.25, -0.2) is 9.78 Å². The van der Waals surface area contributed by atoms with Gasteiger partial charge in [0.25, 0.3) is 0 Å². The first-order valence-electron chi connectivity index (χ1n) is 8.73. The van der Waals surface area contributed by atoms with Gasteiger partial charge in [-0.05, 0) is 45.0 Å². The molecule has 0 spiro atoms. The molecule has 24 heavy (non-hydrogen) atoms. The maximum atomic E-state index is 12.4. The van der Waals surface area contributed by atoms with Gasteiger partial charge in [-0.1, -0.05) is 18.6 Å². The summed E-state index contributed by atoms with van der Waals surface area (Å²) in [5.74, 6) is 0. The highest BCUT2D eigenvalue weighted by atomic mass is 32.1. The Labute approximate surface area is 147 Å². The van der Waals surface area contributed by atoms with E-state index >= 15 is 0 Å². The molecule has 1 aromatic heterocycles. The third kappa shape index (κ3) is 4.05. The lowest BCUT2D eigenvalue weighted by Crippen LogP contribution is -2.43. The van der Waals surface area contributed by atoms with Crippen LogP contribution in [0.25, 0.3) is 10.2 Å². The van der Waals surface area contributed by atoms with Gasteiger partial charge in [0.1, 0.15) is 5.01 Å². The molecular weight excluding hydrogens is 320 g/mol. The predicted octanol–water partition coefficient (Wildman–Crippen LogP) is 3.48. The number of hydrogen-bond acceptors (Lipinski definition) is 4. The average Bonchev–Trinajstić information content (AvgIpc) is 3.05. The van der Waals surface area contributed by atoms with Gasteiger partial charge in [-0.15, -0.1) is 11.3 Å². The van der Waals surface area contributed by atoms with Crippen LogP contribution in [0.15, 0.2) is 24.3 Å². The molecule has 2 amide bonds. The number of fused-ring (bicyclic) bond motifs is 1. The van der Waals surface area contributed by atoms with Crippen LogP contribution in [0.2, 0.25) is 0 Å². The molecule has 2 aromatic rings. The summed E-state index contributed by atoms with van der Waals surface area (Å²) in [5.41, 5.74) is 1.00. The fraction of sp³-hybridized carbons (Fsp3) is 0.556. The molecule has 5 nitrogen and oxygen atoms in total. The van der Waals surface area contributed by atoms with E-state index in [1.807, 2.05) is 32.2 Å². The number of carbonyl (C=O) groups is 1. The smallest absolute Gasteiger partial charge is 0.317 e. The van der Waals surface area contributed by atoms with Crippen molar-refractivity contribution in [3.63, 3.8) is 0 Å². The van der Waals surface area contributed by atoms with Crippen LogP contribution in [0.5, 0.6) is 0 Å². The summed E-state index contributed by atoms with van der Waals surface area (Å²) in [6.45, 7) is 5.99. The molecule has 0 bridgehead atoms. The number of likely N-dealkylation sites (tertiary alicyclic amines) is 1. The lowest BCUT2D eigenvalue weighted by Gasteiger charge is -2.27. The van der Waals surface area contributed by atoms with Crippen molar-refractivity contribution < 1.29 is 4.79 Å². The van der Waals surface area contributed by atoms with Gasteiger partial charge in [0.05, 0.1) is 16.3 Å². The van der Waals surface area contributed by atoms with Crippen LogP contribution in [-0.4, -0.2) is 54.0 Å². The number of amides is 2. The minimum Gasteiger partial charge on any atom is -0.337 e. The number of urea groups is 1. The van der Waals surface area contributed by atoms with Gasteiger partial charge in [0.15, 0.2) is 0 Å². The summed E-state index contributed by atoms with van der Waals surface area (Å²) >= 11 is 1.66. The highest BCUT2D eigenvalue weighted by Crippen LogP contribution is 2.28. The van der Waals surface area contributed by atoms with Crippen molar-refractivity contribution in [3.05, 3.63) is 29.3 Å². The fourth-order valence-electron chi connectivity index (χ4n) is 3.04. The number of piperidine rings is 1. The maximum Gasteiger partial charge on any atom is 0.317 e. The van der Waals surface area contributed by atoms with Crippen LogP contribution in [0, 0.1) is 0 Å². The zero-order valence-electron chi connectivity index (χ0n) is 14.5. The number of nitrogens with one attached hydrogen (secondary N) is 1. The van der Waals surface area contributed by atoms with Crippen LogP contribution < -0.4 is 5.32 Å². The molecule has 1 unspecified atom stereocenters. The normalized spacial score (nSPS) is 16.9. The molecule has 1 aromatic carbocycles. The number of thiazole rings is 1. The van der Waals surface area contributed by atoms with Gasteiger partial charge in [0.2, 0.25) is 0 Å². The van der Waals surface area contributed by atoms with Crippen molar-refractivity contribution >= 4 is 27.6 Å². The lowest BCUT2D eigenvalue weighted by atomic mass is 10.1. The van der Waals surface area contributed by atoms with Gasteiger partial charge in [-0.2, -0.15) is 0 Å². The summed E-state index contributed by atoms with van der Waals surface area (Å²) in [4.78, 5) is 21.2. The number of rotatable bonds is 5. The molecule has 1 aliphatic heterocycles. The van der Waals surface area contributed by atoms with E-state index in [2.05, 4.69) is 21.3 Å². The van der Waals surface area contributed by atoms with Crippen molar-refractivity contribution in [2.24, 2.45) is 0 Å². The quantitative estimate of drug-likeness (QED) is 0.902. The topological polar surface area (TPSA) is 48.5 Å². The van der Waals surface area contributed by atoms with E-state index in [9.17, 15) is 4.79 Å². The van der Waals surface area contributed by atoms with E-state index in [1.165, 1.54) is 24.0 Å². The van der Waals surface area contributed by atoms with Gasteiger partial charge in [0, 0.05) is 20.1 Å². The number of nitrogens with zero attached hydrogens (tertiary/aromatic N) is 3. The second-order valence-electron chi connectivity index (χ2n) is 6.44. The number of hydrogen-bond donors (Lipinski definition) is 1. The Morgan fingerprint density at radius 2 is 2.08 bits per heavy atom. The van der Waals surface area contributed by atoms with Gasteiger partial charge < -0.3 is 15.1 Å². The Morgan fingerprint density at radius 3 is 2.83 bits per heavy atom. The van der Waals surface area contributed by atoms with Crippen LogP contribution in [0.3, 0.4) is 0 Å². The van der Waals surface area contributed by atoms with E-state index in [4.69, 9.17) is 0 Å². The third-order valence-corrected chi connectivity index (χ3v) is 5.93. The fourth-order valence-corrected chi connectivity index (χ4v) is 4.10. The molecule has 1 saturated heterocycles. The summed E-state index contributed by atoms with van der Waals surface area (Å²) in [5, 5.41) is 4.01. The van der Waals surface area contributed by atoms with Crippen LogP contribution in [0.4, 0.5) is 4.79 Å². The SMILES string of the molecule is CC(c1nc2ccccc2s1)N(C)C(=O)NCCN1CCCCC1. The van der Waals surface area contributed by atoms with E-state index in [1.54, 1.807) is 16.2 Å². The van der Waals surface area contributed by atoms with Gasteiger partial charge >= 0.3 is 6.03 Å². The maximum absolute atomic E-state index is 12.4. The summed E-state index contributed by atoms with van der Waals surface area (Å²) in [7, 11) is 1.84. The van der Waals surface area contributed by atoms with Crippen molar-refractivity contribution in [2.45, 2.75) is 32.2 Å². The first-order valence-corrected chi connectivity index (χ1v) is 9.55. The zero-order valence-corrected chi connectivity index (χ0v) is 15.3. The Hall–Kier alpha value is -1.66. The van der Waals surface area contributed by atoms with Crippen molar-refractivity contribution in [1.82, 2.24) is 20.1 Å². The van der Waals surface area contributed by atoms with Crippen LogP contribution in [-0.2, 0) is 0 Å². The van der Waals surface area contributed by atoms with Crippen molar-refractivity contribution in [1.29, 1.82) is 0 Å². The lowest BCUT2D eigenvalue weighted by molar-refractivity contribution is 0.188. The van der Waals surface area contributed by atoms with Crippen molar-refractivity contribution in [2.75, 3.05) is 33.2 Å². The highest BCUT2D eigenvalue weighted by molar-refractivity contribution is 7.18. The number of carbonyl (C=O) groups excluding carboxylic acids is 1. The first-order chi connectivity index (χ1) is 11.6. The minimum absolute atomic E-state index is 0.0289. The molecule has 0 radical (unpaired) electrons. The third-order valence-electron chi connectivity index (χ3n) is 4.72. The first kappa shape index (κ1) is 17.2. The van der Waals surface area contributed by atoms with E-state index in [-0.39, 0.29) is 12.1 Å². The largest absolute Gasteiger partial charge is 0.337 e. The monoisotopic (exact) mass is 346 g/mol. The molecule has 130 valence electrons.